The van der Waals surface area contributed by atoms with Crippen LogP contribution in [0.2, 0.25) is 0 Å². The fraction of sp³-hybridized carbons (Fsp3) is 0.500. The van der Waals surface area contributed by atoms with Gasteiger partial charge in [-0.05, 0) is 60.7 Å². The number of aliphatic hydroxyl groups is 1. The highest BCUT2D eigenvalue weighted by atomic mass is 32.1. The van der Waals surface area contributed by atoms with Crippen molar-refractivity contribution in [2.45, 2.75) is 49.9 Å². The number of hydrogen-bond acceptors (Lipinski definition) is 6. The van der Waals surface area contributed by atoms with Crippen LogP contribution < -0.4 is 5.32 Å². The van der Waals surface area contributed by atoms with Gasteiger partial charge in [0, 0.05) is 32.1 Å². The van der Waals surface area contributed by atoms with Gasteiger partial charge < -0.3 is 20.1 Å². The standard InChI is InChI=1S/C22H27N3O4S/c1-21(24-19(27)17-3-2-8-23-14-17)7-11-29-22(20(21)28)5-9-25(10-6-22)18(26)13-16-4-12-30-15-16/h2-4,8,12,14-15,20,28H,5-7,9-11,13H2,1H3,(H,24,27)/t20-,21+/m0/s1. The SMILES string of the molecule is C[C@@]1(NC(=O)c2cccnc2)CCOC2(CCN(C(=O)Cc3ccsc3)CC2)[C@H]1O. The second kappa shape index (κ2) is 8.45. The van der Waals surface area contributed by atoms with Gasteiger partial charge in [-0.3, -0.25) is 14.6 Å². The van der Waals surface area contributed by atoms with Gasteiger partial charge in [-0.25, -0.2) is 0 Å². The highest BCUT2D eigenvalue weighted by Crippen LogP contribution is 2.40. The molecule has 4 rings (SSSR count). The van der Waals surface area contributed by atoms with Gasteiger partial charge in [0.05, 0.1) is 23.1 Å². The summed E-state index contributed by atoms with van der Waals surface area (Å²) < 4.78 is 6.09. The van der Waals surface area contributed by atoms with Crippen LogP contribution in [-0.4, -0.2) is 63.7 Å². The molecule has 2 saturated heterocycles. The summed E-state index contributed by atoms with van der Waals surface area (Å²) in [7, 11) is 0. The molecule has 0 saturated carbocycles. The van der Waals surface area contributed by atoms with Gasteiger partial charge in [-0.1, -0.05) is 0 Å². The molecule has 2 aliphatic heterocycles. The van der Waals surface area contributed by atoms with Crippen molar-refractivity contribution in [3.63, 3.8) is 0 Å². The molecule has 2 fully saturated rings. The number of thiophene rings is 1. The number of amides is 2. The predicted octanol–water partition coefficient (Wildman–Crippen LogP) is 2.02. The number of pyridine rings is 1. The van der Waals surface area contributed by atoms with Crippen LogP contribution in [0.15, 0.2) is 41.4 Å². The van der Waals surface area contributed by atoms with E-state index in [0.29, 0.717) is 50.9 Å². The number of nitrogens with one attached hydrogen (secondary N) is 1. The Hall–Kier alpha value is -2.29. The third-order valence-electron chi connectivity index (χ3n) is 6.33. The van der Waals surface area contributed by atoms with Crippen molar-refractivity contribution in [1.29, 1.82) is 0 Å². The number of nitrogens with zero attached hydrogens (tertiary/aromatic N) is 2. The van der Waals surface area contributed by atoms with Gasteiger partial charge in [0.15, 0.2) is 0 Å². The lowest BCUT2D eigenvalue weighted by atomic mass is 9.73. The van der Waals surface area contributed by atoms with Crippen LogP contribution in [0, 0.1) is 0 Å². The molecule has 160 valence electrons. The van der Waals surface area contributed by atoms with E-state index in [-0.39, 0.29) is 11.8 Å². The van der Waals surface area contributed by atoms with Crippen molar-refractivity contribution in [1.82, 2.24) is 15.2 Å². The van der Waals surface area contributed by atoms with E-state index >= 15 is 0 Å². The van der Waals surface area contributed by atoms with Crippen LogP contribution in [0.1, 0.15) is 42.1 Å². The van der Waals surface area contributed by atoms with Gasteiger partial charge in [-0.15, -0.1) is 0 Å². The monoisotopic (exact) mass is 429 g/mol. The highest BCUT2D eigenvalue weighted by molar-refractivity contribution is 7.08. The normalized spacial score (nSPS) is 25.8. The molecule has 0 radical (unpaired) electrons. The number of aliphatic hydroxyl groups excluding tert-OH is 1. The smallest absolute Gasteiger partial charge is 0.253 e. The van der Waals surface area contributed by atoms with Gasteiger partial charge >= 0.3 is 0 Å². The van der Waals surface area contributed by atoms with Crippen LogP contribution in [-0.2, 0) is 16.0 Å². The summed E-state index contributed by atoms with van der Waals surface area (Å²) in [6, 6.07) is 5.38. The fourth-order valence-corrected chi connectivity index (χ4v) is 5.12. The molecule has 8 heteroatoms. The van der Waals surface area contributed by atoms with E-state index in [1.54, 1.807) is 29.7 Å². The van der Waals surface area contributed by atoms with Crippen molar-refractivity contribution in [2.24, 2.45) is 0 Å². The molecule has 2 N–H and O–H groups in total. The van der Waals surface area contributed by atoms with Crippen molar-refractivity contribution < 1.29 is 19.4 Å². The van der Waals surface area contributed by atoms with E-state index in [2.05, 4.69) is 10.3 Å². The van der Waals surface area contributed by atoms with Crippen molar-refractivity contribution in [3.05, 3.63) is 52.5 Å². The summed E-state index contributed by atoms with van der Waals surface area (Å²) in [5, 5.41) is 18.2. The lowest BCUT2D eigenvalue weighted by molar-refractivity contribution is -0.205. The molecule has 1 spiro atoms. The zero-order valence-corrected chi connectivity index (χ0v) is 17.9. The van der Waals surface area contributed by atoms with Gasteiger partial charge in [0.25, 0.3) is 5.91 Å². The Bertz CT molecular complexity index is 881. The fourth-order valence-electron chi connectivity index (χ4n) is 4.45. The number of hydrogen-bond donors (Lipinski definition) is 2. The zero-order valence-electron chi connectivity index (χ0n) is 17.0. The first-order valence-electron chi connectivity index (χ1n) is 10.3. The molecule has 30 heavy (non-hydrogen) atoms. The molecule has 2 aromatic rings. The van der Waals surface area contributed by atoms with E-state index in [9.17, 15) is 14.7 Å². The molecule has 2 aliphatic rings. The molecule has 2 atom stereocenters. The molecular weight excluding hydrogens is 402 g/mol. The van der Waals surface area contributed by atoms with E-state index in [1.165, 1.54) is 6.20 Å². The summed E-state index contributed by atoms with van der Waals surface area (Å²) in [6.45, 7) is 3.38. The number of ether oxygens (including phenoxy) is 1. The van der Waals surface area contributed by atoms with E-state index < -0.39 is 17.2 Å². The Balaban J connectivity index is 1.41. The first kappa shape index (κ1) is 21.0. The van der Waals surface area contributed by atoms with Crippen LogP contribution >= 0.6 is 11.3 Å². The van der Waals surface area contributed by atoms with Gasteiger partial charge in [-0.2, -0.15) is 11.3 Å². The molecule has 0 aromatic carbocycles. The summed E-state index contributed by atoms with van der Waals surface area (Å²) >= 11 is 1.59. The minimum Gasteiger partial charge on any atom is -0.388 e. The first-order valence-corrected chi connectivity index (χ1v) is 11.2. The summed E-state index contributed by atoms with van der Waals surface area (Å²) in [6.07, 6.45) is 4.27. The molecular formula is C22H27N3O4S. The van der Waals surface area contributed by atoms with Crippen molar-refractivity contribution in [2.75, 3.05) is 19.7 Å². The highest BCUT2D eigenvalue weighted by Gasteiger charge is 2.54. The summed E-state index contributed by atoms with van der Waals surface area (Å²) in [5.41, 5.74) is -0.0761. The van der Waals surface area contributed by atoms with Crippen LogP contribution in [0.3, 0.4) is 0 Å². The molecule has 7 nitrogen and oxygen atoms in total. The topological polar surface area (TPSA) is 91.8 Å². The lowest BCUT2D eigenvalue weighted by Gasteiger charge is -2.53. The largest absolute Gasteiger partial charge is 0.388 e. The number of carbonyl (C=O) groups excluding carboxylic acids is 2. The Kier molecular flexibility index (Phi) is 5.90. The van der Waals surface area contributed by atoms with Crippen molar-refractivity contribution in [3.8, 4) is 0 Å². The van der Waals surface area contributed by atoms with Gasteiger partial charge in [0.1, 0.15) is 6.10 Å². The Labute approximate surface area is 180 Å². The van der Waals surface area contributed by atoms with E-state index in [0.717, 1.165) is 5.56 Å². The number of carbonyl (C=O) groups is 2. The van der Waals surface area contributed by atoms with Gasteiger partial charge in [0.2, 0.25) is 5.91 Å². The molecule has 0 bridgehead atoms. The predicted molar refractivity (Wildman–Crippen MR) is 113 cm³/mol. The maximum absolute atomic E-state index is 12.7. The molecule has 0 unspecified atom stereocenters. The average Bonchev–Trinajstić information content (AvgIpc) is 3.26. The van der Waals surface area contributed by atoms with Crippen molar-refractivity contribution >= 4 is 23.2 Å². The molecule has 0 aliphatic carbocycles. The third-order valence-corrected chi connectivity index (χ3v) is 7.07. The second-order valence-corrected chi connectivity index (χ2v) is 9.15. The molecule has 4 heterocycles. The number of likely N-dealkylation sites (tertiary alicyclic amines) is 1. The van der Waals surface area contributed by atoms with Crippen LogP contribution in [0.4, 0.5) is 0 Å². The van der Waals surface area contributed by atoms with Crippen LogP contribution in [0.25, 0.3) is 0 Å². The minimum atomic E-state index is -0.867. The zero-order chi connectivity index (χ0) is 21.2. The van der Waals surface area contributed by atoms with E-state index in [4.69, 9.17) is 4.74 Å². The lowest BCUT2D eigenvalue weighted by Crippen LogP contribution is -2.69. The van der Waals surface area contributed by atoms with Crippen LogP contribution in [0.5, 0.6) is 0 Å². The molecule has 2 amide bonds. The Morgan fingerprint density at radius 1 is 1.33 bits per heavy atom. The third kappa shape index (κ3) is 4.12. The number of rotatable bonds is 4. The number of aromatic nitrogens is 1. The maximum atomic E-state index is 12.7. The quantitative estimate of drug-likeness (QED) is 0.776. The van der Waals surface area contributed by atoms with E-state index in [1.807, 2.05) is 28.7 Å². The Morgan fingerprint density at radius 2 is 2.13 bits per heavy atom. The minimum absolute atomic E-state index is 0.0983. The maximum Gasteiger partial charge on any atom is 0.253 e. The average molecular weight is 430 g/mol. The Morgan fingerprint density at radius 3 is 2.80 bits per heavy atom. The number of piperidine rings is 1. The second-order valence-electron chi connectivity index (χ2n) is 8.37. The first-order chi connectivity index (χ1) is 14.4. The summed E-state index contributed by atoms with van der Waals surface area (Å²) in [4.78, 5) is 31.1. The molecule has 2 aromatic heterocycles. The summed E-state index contributed by atoms with van der Waals surface area (Å²) in [5.74, 6) is -0.161.